The molecule has 0 aliphatic carbocycles. The maximum Gasteiger partial charge on any atom is 0.186 e. The van der Waals surface area contributed by atoms with Gasteiger partial charge in [0.25, 0.3) is 0 Å². The van der Waals surface area contributed by atoms with Crippen molar-refractivity contribution >= 4 is 0 Å². The molecule has 5 nitrogen and oxygen atoms in total. The van der Waals surface area contributed by atoms with Gasteiger partial charge in [-0.15, -0.1) is 5.10 Å². The summed E-state index contributed by atoms with van der Waals surface area (Å²) in [5.74, 6) is 0.221. The first kappa shape index (κ1) is 10.7. The van der Waals surface area contributed by atoms with Crippen molar-refractivity contribution in [2.24, 2.45) is 0 Å². The maximum atomic E-state index is 8.79. The highest BCUT2D eigenvalue weighted by atomic mass is 16.3. The topological polar surface area (TPSA) is 74.7 Å². The van der Waals surface area contributed by atoms with Gasteiger partial charge in [0.2, 0.25) is 0 Å². The molecule has 14 heavy (non-hydrogen) atoms. The van der Waals surface area contributed by atoms with Crippen LogP contribution in [-0.4, -0.2) is 26.7 Å². The fourth-order valence-electron chi connectivity index (χ4n) is 1.36. The summed E-state index contributed by atoms with van der Waals surface area (Å²) in [5, 5.41) is 25.1. The third-order valence-corrected chi connectivity index (χ3v) is 1.95. The smallest absolute Gasteiger partial charge is 0.186 e. The lowest BCUT2D eigenvalue weighted by Gasteiger charge is -2.07. The Morgan fingerprint density at radius 2 is 2.29 bits per heavy atom. The van der Waals surface area contributed by atoms with Crippen LogP contribution in [0.1, 0.15) is 37.6 Å². The Hall–Kier alpha value is -1.41. The van der Waals surface area contributed by atoms with Crippen LogP contribution in [0.15, 0.2) is 0 Å². The van der Waals surface area contributed by atoms with Gasteiger partial charge in [-0.3, -0.25) is 0 Å². The molecular formula is C9H14N4O. The molecular weight excluding hydrogens is 180 g/mol. The van der Waals surface area contributed by atoms with Crippen molar-refractivity contribution in [2.45, 2.75) is 32.7 Å². The van der Waals surface area contributed by atoms with Gasteiger partial charge in [-0.1, -0.05) is 19.1 Å². The number of nitriles is 1. The minimum absolute atomic E-state index is 0.124. The Labute approximate surface area is 83.0 Å². The molecule has 0 aliphatic rings. The van der Waals surface area contributed by atoms with Crippen molar-refractivity contribution in [1.82, 2.24) is 15.0 Å². The zero-order valence-corrected chi connectivity index (χ0v) is 8.43. The van der Waals surface area contributed by atoms with Gasteiger partial charge >= 0.3 is 0 Å². The number of nitrogens with zero attached hydrogens (tertiary/aromatic N) is 4. The first-order valence-electron chi connectivity index (χ1n) is 4.65. The van der Waals surface area contributed by atoms with E-state index in [1.54, 1.807) is 4.68 Å². The van der Waals surface area contributed by atoms with Crippen molar-refractivity contribution in [3.05, 3.63) is 11.4 Å². The summed E-state index contributed by atoms with van der Waals surface area (Å²) in [6.45, 7) is 4.72. The fraction of sp³-hybridized carbons (Fsp3) is 0.667. The molecule has 0 aliphatic heterocycles. The number of aliphatic hydroxyl groups is 1. The molecule has 0 saturated heterocycles. The predicted molar refractivity (Wildman–Crippen MR) is 50.5 cm³/mol. The molecule has 1 rings (SSSR count). The Morgan fingerprint density at radius 1 is 1.57 bits per heavy atom. The number of rotatable bonds is 4. The summed E-state index contributed by atoms with van der Waals surface area (Å²) in [5.41, 5.74) is 1.24. The van der Waals surface area contributed by atoms with Crippen molar-refractivity contribution < 1.29 is 5.11 Å². The van der Waals surface area contributed by atoms with E-state index in [1.165, 1.54) is 0 Å². The minimum Gasteiger partial charge on any atom is -0.396 e. The average Bonchev–Trinajstić information content (AvgIpc) is 2.57. The van der Waals surface area contributed by atoms with Gasteiger partial charge in [0.15, 0.2) is 5.69 Å². The standard InChI is InChI=1S/C9H14N4O/c1-7(2)9-8(6-10)11-12-13(9)4-3-5-14/h7,14H,3-5H2,1-2H3. The Kier molecular flexibility index (Phi) is 3.60. The predicted octanol–water partition coefficient (Wildman–Crippen LogP) is 0.656. The molecule has 0 saturated carbocycles. The van der Waals surface area contributed by atoms with Gasteiger partial charge in [0.1, 0.15) is 6.07 Å². The first-order chi connectivity index (χ1) is 6.70. The Bertz CT molecular complexity index is 337. The van der Waals surface area contributed by atoms with Crippen molar-refractivity contribution in [2.75, 3.05) is 6.61 Å². The zero-order chi connectivity index (χ0) is 10.6. The summed E-state index contributed by atoms with van der Waals surface area (Å²) < 4.78 is 1.69. The highest BCUT2D eigenvalue weighted by Crippen LogP contribution is 2.16. The quantitative estimate of drug-likeness (QED) is 0.763. The maximum absolute atomic E-state index is 8.79. The third-order valence-electron chi connectivity index (χ3n) is 1.95. The average molecular weight is 194 g/mol. The number of aryl methyl sites for hydroxylation is 1. The molecule has 0 unspecified atom stereocenters. The molecule has 0 atom stereocenters. The molecule has 1 heterocycles. The van der Waals surface area contributed by atoms with Crippen LogP contribution in [0.4, 0.5) is 0 Å². The summed E-state index contributed by atoms with van der Waals surface area (Å²) in [4.78, 5) is 0. The van der Waals surface area contributed by atoms with E-state index in [9.17, 15) is 0 Å². The summed E-state index contributed by atoms with van der Waals surface area (Å²) in [6.07, 6.45) is 0.633. The van der Waals surface area contributed by atoms with E-state index >= 15 is 0 Å². The molecule has 0 amide bonds. The van der Waals surface area contributed by atoms with Crippen LogP contribution in [0.2, 0.25) is 0 Å². The van der Waals surface area contributed by atoms with E-state index in [-0.39, 0.29) is 12.5 Å². The monoisotopic (exact) mass is 194 g/mol. The third kappa shape index (κ3) is 2.09. The molecule has 0 spiro atoms. The number of hydrogen-bond donors (Lipinski definition) is 1. The molecule has 1 aromatic heterocycles. The molecule has 1 aromatic rings. The number of aromatic nitrogens is 3. The highest BCUT2D eigenvalue weighted by Gasteiger charge is 2.14. The second-order valence-electron chi connectivity index (χ2n) is 3.39. The van der Waals surface area contributed by atoms with Gasteiger partial charge in [0, 0.05) is 13.2 Å². The summed E-state index contributed by atoms with van der Waals surface area (Å²) in [7, 11) is 0. The molecule has 0 aromatic carbocycles. The lowest BCUT2D eigenvalue weighted by Crippen LogP contribution is -2.08. The van der Waals surface area contributed by atoms with Gasteiger partial charge in [0.05, 0.1) is 5.69 Å². The van der Waals surface area contributed by atoms with Crippen LogP contribution in [-0.2, 0) is 6.54 Å². The van der Waals surface area contributed by atoms with Crippen molar-refractivity contribution in [3.63, 3.8) is 0 Å². The van der Waals surface area contributed by atoms with E-state index in [1.807, 2.05) is 19.9 Å². The largest absolute Gasteiger partial charge is 0.396 e. The van der Waals surface area contributed by atoms with Crippen LogP contribution < -0.4 is 0 Å². The van der Waals surface area contributed by atoms with E-state index in [2.05, 4.69) is 10.3 Å². The van der Waals surface area contributed by atoms with E-state index in [4.69, 9.17) is 10.4 Å². The van der Waals surface area contributed by atoms with Crippen molar-refractivity contribution in [3.8, 4) is 6.07 Å². The normalized spacial score (nSPS) is 10.5. The van der Waals surface area contributed by atoms with Crippen LogP contribution in [0.25, 0.3) is 0 Å². The molecule has 5 heteroatoms. The van der Waals surface area contributed by atoms with Crippen molar-refractivity contribution in [1.29, 1.82) is 5.26 Å². The lowest BCUT2D eigenvalue weighted by atomic mass is 10.1. The summed E-state index contributed by atoms with van der Waals surface area (Å²) >= 11 is 0. The van der Waals surface area contributed by atoms with Crippen LogP contribution in [0, 0.1) is 11.3 Å². The van der Waals surface area contributed by atoms with Crippen LogP contribution >= 0.6 is 0 Å². The molecule has 0 bridgehead atoms. The van der Waals surface area contributed by atoms with E-state index in [0.29, 0.717) is 18.7 Å². The van der Waals surface area contributed by atoms with Gasteiger partial charge in [-0.05, 0) is 12.3 Å². The van der Waals surface area contributed by atoms with Crippen LogP contribution in [0.5, 0.6) is 0 Å². The van der Waals surface area contributed by atoms with Crippen LogP contribution in [0.3, 0.4) is 0 Å². The first-order valence-corrected chi connectivity index (χ1v) is 4.65. The molecule has 0 fully saturated rings. The van der Waals surface area contributed by atoms with Gasteiger partial charge in [-0.2, -0.15) is 5.26 Å². The number of aliphatic hydroxyl groups excluding tert-OH is 1. The second kappa shape index (κ2) is 4.72. The van der Waals surface area contributed by atoms with Gasteiger partial charge < -0.3 is 5.11 Å². The zero-order valence-electron chi connectivity index (χ0n) is 8.43. The molecule has 1 N–H and O–H groups in total. The van der Waals surface area contributed by atoms with E-state index < -0.39 is 0 Å². The SMILES string of the molecule is CC(C)c1c(C#N)nnn1CCCO. The number of hydrogen-bond acceptors (Lipinski definition) is 4. The Balaban J connectivity index is 2.94. The lowest BCUT2D eigenvalue weighted by molar-refractivity contribution is 0.275. The van der Waals surface area contributed by atoms with E-state index in [0.717, 1.165) is 5.69 Å². The molecule has 0 radical (unpaired) electrons. The minimum atomic E-state index is 0.124. The summed E-state index contributed by atoms with van der Waals surface area (Å²) in [6, 6.07) is 2.02. The van der Waals surface area contributed by atoms with Gasteiger partial charge in [-0.25, -0.2) is 4.68 Å². The fourth-order valence-corrected chi connectivity index (χ4v) is 1.36. The second-order valence-corrected chi connectivity index (χ2v) is 3.39. The molecule has 76 valence electrons. The Morgan fingerprint density at radius 3 is 2.79 bits per heavy atom. The highest BCUT2D eigenvalue weighted by molar-refractivity contribution is 5.26.